The fraction of sp³-hybridized carbons (Fsp3) is 0.333. The van der Waals surface area contributed by atoms with Crippen molar-refractivity contribution < 1.29 is 4.79 Å². The molecule has 0 radical (unpaired) electrons. The van der Waals surface area contributed by atoms with E-state index in [1.165, 1.54) is 0 Å². The Morgan fingerprint density at radius 2 is 1.85 bits per heavy atom. The first-order valence-corrected chi connectivity index (χ1v) is 6.50. The lowest BCUT2D eigenvalue weighted by atomic mass is 10.1. The Morgan fingerprint density at radius 1 is 1.25 bits per heavy atom. The van der Waals surface area contributed by atoms with E-state index in [4.69, 9.17) is 5.73 Å². The van der Waals surface area contributed by atoms with Crippen LogP contribution in [0.3, 0.4) is 0 Å². The van der Waals surface area contributed by atoms with Gasteiger partial charge >= 0.3 is 0 Å². The van der Waals surface area contributed by atoms with E-state index in [0.29, 0.717) is 0 Å². The number of aromatic nitrogens is 2. The Hall–Kier alpha value is -2.14. The van der Waals surface area contributed by atoms with Crippen LogP contribution in [-0.2, 0) is 4.79 Å². The fourth-order valence-electron chi connectivity index (χ4n) is 1.76. The van der Waals surface area contributed by atoms with Gasteiger partial charge in [-0.1, -0.05) is 0 Å². The molecule has 0 atom stereocenters. The molecule has 0 spiro atoms. The van der Waals surface area contributed by atoms with E-state index in [9.17, 15) is 4.79 Å². The van der Waals surface area contributed by atoms with Gasteiger partial charge in [0.1, 0.15) is 0 Å². The fourth-order valence-corrected chi connectivity index (χ4v) is 1.76. The SMILES string of the molecule is Cc1ncn(-c2ccc(NC(=O)C(C)(C)N)cc2)c1C. The minimum Gasteiger partial charge on any atom is -0.325 e. The summed E-state index contributed by atoms with van der Waals surface area (Å²) in [6.45, 7) is 7.35. The molecule has 0 aliphatic rings. The quantitative estimate of drug-likeness (QED) is 0.899. The Morgan fingerprint density at radius 3 is 2.30 bits per heavy atom. The average molecular weight is 272 g/mol. The van der Waals surface area contributed by atoms with E-state index < -0.39 is 5.54 Å². The highest BCUT2D eigenvalue weighted by Gasteiger charge is 2.21. The maximum Gasteiger partial charge on any atom is 0.243 e. The lowest BCUT2D eigenvalue weighted by molar-refractivity contribution is -0.120. The zero-order valence-corrected chi connectivity index (χ0v) is 12.3. The number of imidazole rings is 1. The number of aryl methyl sites for hydroxylation is 1. The van der Waals surface area contributed by atoms with Crippen molar-refractivity contribution in [2.75, 3.05) is 5.32 Å². The third-order valence-electron chi connectivity index (χ3n) is 3.24. The number of nitrogens with zero attached hydrogens (tertiary/aromatic N) is 2. The lowest BCUT2D eigenvalue weighted by Crippen LogP contribution is -2.45. The smallest absolute Gasteiger partial charge is 0.243 e. The number of hydrogen-bond acceptors (Lipinski definition) is 3. The van der Waals surface area contributed by atoms with Crippen LogP contribution in [0.5, 0.6) is 0 Å². The van der Waals surface area contributed by atoms with Crippen LogP contribution in [0.1, 0.15) is 25.2 Å². The molecule has 0 aliphatic heterocycles. The van der Waals surface area contributed by atoms with Crippen LogP contribution in [0.15, 0.2) is 30.6 Å². The topological polar surface area (TPSA) is 72.9 Å². The highest BCUT2D eigenvalue weighted by molar-refractivity contribution is 5.97. The minimum atomic E-state index is -0.892. The molecule has 5 heteroatoms. The third-order valence-corrected chi connectivity index (χ3v) is 3.24. The second kappa shape index (κ2) is 5.09. The summed E-state index contributed by atoms with van der Waals surface area (Å²) in [7, 11) is 0. The second-order valence-electron chi connectivity index (χ2n) is 5.51. The molecule has 3 N–H and O–H groups in total. The zero-order valence-electron chi connectivity index (χ0n) is 12.3. The molecule has 0 bridgehead atoms. The predicted octanol–water partition coefficient (Wildman–Crippen LogP) is 2.16. The van der Waals surface area contributed by atoms with E-state index in [1.54, 1.807) is 20.2 Å². The standard InChI is InChI=1S/C15H20N4O/c1-10-11(2)19(9-17-10)13-7-5-12(6-8-13)18-14(20)15(3,4)16/h5-9H,16H2,1-4H3,(H,18,20). The number of amides is 1. The van der Waals surface area contributed by atoms with Gasteiger partial charge in [0.25, 0.3) is 0 Å². The summed E-state index contributed by atoms with van der Waals surface area (Å²) in [5.74, 6) is -0.208. The Bertz CT molecular complexity index is 620. The first-order chi connectivity index (χ1) is 9.29. The van der Waals surface area contributed by atoms with Gasteiger partial charge < -0.3 is 15.6 Å². The van der Waals surface area contributed by atoms with Crippen molar-refractivity contribution in [2.45, 2.75) is 33.2 Å². The first-order valence-electron chi connectivity index (χ1n) is 6.50. The number of anilines is 1. The molecular formula is C15H20N4O. The first kappa shape index (κ1) is 14.3. The predicted molar refractivity (Wildman–Crippen MR) is 79.9 cm³/mol. The van der Waals surface area contributed by atoms with Gasteiger partial charge in [0.2, 0.25) is 5.91 Å². The van der Waals surface area contributed by atoms with Crippen LogP contribution in [0.25, 0.3) is 5.69 Å². The maximum absolute atomic E-state index is 11.8. The van der Waals surface area contributed by atoms with Crippen LogP contribution < -0.4 is 11.1 Å². The van der Waals surface area contributed by atoms with Crippen molar-refractivity contribution in [1.29, 1.82) is 0 Å². The van der Waals surface area contributed by atoms with E-state index in [0.717, 1.165) is 22.8 Å². The lowest BCUT2D eigenvalue weighted by Gasteiger charge is -2.18. The summed E-state index contributed by atoms with van der Waals surface area (Å²) in [5, 5.41) is 2.79. The van der Waals surface area contributed by atoms with Crippen LogP contribution in [0, 0.1) is 13.8 Å². The molecule has 20 heavy (non-hydrogen) atoms. The molecule has 0 aliphatic carbocycles. The van der Waals surface area contributed by atoms with Crippen LogP contribution in [0.4, 0.5) is 5.69 Å². The second-order valence-corrected chi connectivity index (χ2v) is 5.51. The summed E-state index contributed by atoms with van der Waals surface area (Å²) in [4.78, 5) is 16.1. The normalized spacial score (nSPS) is 11.4. The molecule has 0 saturated carbocycles. The van der Waals surface area contributed by atoms with Crippen molar-refractivity contribution in [3.63, 3.8) is 0 Å². The molecule has 0 fully saturated rings. The molecular weight excluding hydrogens is 252 g/mol. The maximum atomic E-state index is 11.8. The number of hydrogen-bond donors (Lipinski definition) is 2. The van der Waals surface area contributed by atoms with E-state index in [2.05, 4.69) is 10.3 Å². The van der Waals surface area contributed by atoms with Gasteiger partial charge in [-0.2, -0.15) is 0 Å². The molecule has 2 aromatic rings. The molecule has 106 valence electrons. The van der Waals surface area contributed by atoms with Crippen molar-refractivity contribution in [3.05, 3.63) is 42.0 Å². The number of rotatable bonds is 3. The highest BCUT2D eigenvalue weighted by atomic mass is 16.2. The summed E-state index contributed by atoms with van der Waals surface area (Å²) >= 11 is 0. The Balaban J connectivity index is 2.19. The van der Waals surface area contributed by atoms with Gasteiger partial charge in [0.05, 0.1) is 17.6 Å². The van der Waals surface area contributed by atoms with Gasteiger partial charge in [-0.25, -0.2) is 4.98 Å². The molecule has 0 saturated heterocycles. The van der Waals surface area contributed by atoms with Gasteiger partial charge in [-0.3, -0.25) is 4.79 Å². The third kappa shape index (κ3) is 2.88. The van der Waals surface area contributed by atoms with Crippen molar-refractivity contribution in [3.8, 4) is 5.69 Å². The monoisotopic (exact) mass is 272 g/mol. The summed E-state index contributed by atoms with van der Waals surface area (Å²) in [5.41, 5.74) is 8.70. The Labute approximate surface area is 118 Å². The molecule has 1 amide bonds. The molecule has 0 unspecified atom stereocenters. The van der Waals surface area contributed by atoms with Gasteiger partial charge in [0, 0.05) is 17.1 Å². The van der Waals surface area contributed by atoms with Crippen molar-refractivity contribution in [2.24, 2.45) is 5.73 Å². The van der Waals surface area contributed by atoms with Gasteiger partial charge in [-0.05, 0) is 52.0 Å². The number of nitrogens with one attached hydrogen (secondary N) is 1. The summed E-state index contributed by atoms with van der Waals surface area (Å²) in [6.07, 6.45) is 1.79. The summed E-state index contributed by atoms with van der Waals surface area (Å²) in [6, 6.07) is 7.59. The zero-order chi connectivity index (χ0) is 14.9. The van der Waals surface area contributed by atoms with Crippen molar-refractivity contribution >= 4 is 11.6 Å². The largest absolute Gasteiger partial charge is 0.325 e. The van der Waals surface area contributed by atoms with Crippen molar-refractivity contribution in [1.82, 2.24) is 9.55 Å². The Kier molecular flexibility index (Phi) is 3.63. The van der Waals surface area contributed by atoms with E-state index in [1.807, 2.05) is 42.7 Å². The molecule has 1 aromatic heterocycles. The number of benzene rings is 1. The van der Waals surface area contributed by atoms with Crippen LogP contribution >= 0.6 is 0 Å². The van der Waals surface area contributed by atoms with E-state index >= 15 is 0 Å². The van der Waals surface area contributed by atoms with Gasteiger partial charge in [-0.15, -0.1) is 0 Å². The number of carbonyl (C=O) groups is 1. The number of nitrogens with two attached hydrogens (primary N) is 1. The minimum absolute atomic E-state index is 0.208. The van der Waals surface area contributed by atoms with Gasteiger partial charge in [0.15, 0.2) is 0 Å². The average Bonchev–Trinajstić information content (AvgIpc) is 2.70. The molecule has 1 heterocycles. The molecule has 5 nitrogen and oxygen atoms in total. The van der Waals surface area contributed by atoms with Crippen LogP contribution in [0.2, 0.25) is 0 Å². The highest BCUT2D eigenvalue weighted by Crippen LogP contribution is 2.17. The number of carbonyl (C=O) groups excluding carboxylic acids is 1. The summed E-state index contributed by atoms with van der Waals surface area (Å²) < 4.78 is 2.01. The molecule has 1 aromatic carbocycles. The van der Waals surface area contributed by atoms with E-state index in [-0.39, 0.29) is 5.91 Å². The molecule has 2 rings (SSSR count). The van der Waals surface area contributed by atoms with Crippen LogP contribution in [-0.4, -0.2) is 21.0 Å².